The summed E-state index contributed by atoms with van der Waals surface area (Å²) in [7, 11) is 0. The highest BCUT2D eigenvalue weighted by atomic mass is 35.5. The standard InChI is InChI=1S/C28H25ClN6O4/c1-3-18-14-22(39-33-18)26(36)32-28(12-13-28)27(37)30-15-17-8-10-19(11-9-17)35-21-7-5-4-6-20(21)23(29)24(35)25-31-16(2)38-34-25/h4-11,14H,3,12-13,15H2,1-2H3,(H,30,37)(H,32,36). The molecule has 6 rings (SSSR count). The maximum atomic E-state index is 13.0. The Hall–Kier alpha value is -4.44. The summed E-state index contributed by atoms with van der Waals surface area (Å²) in [4.78, 5) is 29.9. The number of hydrogen-bond donors (Lipinski definition) is 2. The third-order valence-electron chi connectivity index (χ3n) is 6.88. The van der Waals surface area contributed by atoms with Crippen LogP contribution in [0.25, 0.3) is 28.1 Å². The fraction of sp³-hybridized carbons (Fsp3) is 0.250. The number of hydrogen-bond acceptors (Lipinski definition) is 7. The molecule has 0 unspecified atom stereocenters. The molecule has 0 aliphatic heterocycles. The molecule has 10 nitrogen and oxygen atoms in total. The Morgan fingerprint density at radius 2 is 1.85 bits per heavy atom. The molecule has 11 heteroatoms. The Labute approximate surface area is 228 Å². The van der Waals surface area contributed by atoms with Crippen molar-refractivity contribution in [3.63, 3.8) is 0 Å². The van der Waals surface area contributed by atoms with Crippen LogP contribution in [0.2, 0.25) is 5.02 Å². The van der Waals surface area contributed by atoms with E-state index in [9.17, 15) is 9.59 Å². The van der Waals surface area contributed by atoms with E-state index in [0.717, 1.165) is 22.2 Å². The summed E-state index contributed by atoms with van der Waals surface area (Å²) in [5.74, 6) is 0.283. The smallest absolute Gasteiger partial charge is 0.290 e. The maximum Gasteiger partial charge on any atom is 0.290 e. The number of para-hydroxylation sites is 1. The average molecular weight is 545 g/mol. The van der Waals surface area contributed by atoms with E-state index in [-0.39, 0.29) is 11.7 Å². The van der Waals surface area contributed by atoms with Crippen LogP contribution >= 0.6 is 11.6 Å². The number of rotatable bonds is 8. The highest BCUT2D eigenvalue weighted by molar-refractivity contribution is 6.38. The molecule has 1 fully saturated rings. The van der Waals surface area contributed by atoms with Gasteiger partial charge in [-0.15, -0.1) is 0 Å². The maximum absolute atomic E-state index is 13.0. The van der Waals surface area contributed by atoms with Gasteiger partial charge in [-0.25, -0.2) is 0 Å². The predicted molar refractivity (Wildman–Crippen MR) is 143 cm³/mol. The number of aromatic nitrogens is 4. The Morgan fingerprint density at radius 3 is 2.51 bits per heavy atom. The molecule has 2 amide bonds. The van der Waals surface area contributed by atoms with Gasteiger partial charge in [-0.3, -0.25) is 9.59 Å². The number of aryl methyl sites for hydroxylation is 2. The lowest BCUT2D eigenvalue weighted by atomic mass is 10.1. The second kappa shape index (κ2) is 9.70. The molecule has 1 aliphatic rings. The number of fused-ring (bicyclic) bond motifs is 1. The largest absolute Gasteiger partial charge is 0.351 e. The molecule has 0 spiro atoms. The third-order valence-corrected chi connectivity index (χ3v) is 7.26. The molecule has 198 valence electrons. The number of carbonyl (C=O) groups is 2. The van der Waals surface area contributed by atoms with E-state index in [1.807, 2.05) is 60.0 Å². The van der Waals surface area contributed by atoms with E-state index < -0.39 is 11.4 Å². The van der Waals surface area contributed by atoms with Crippen molar-refractivity contribution < 1.29 is 18.6 Å². The first-order valence-electron chi connectivity index (χ1n) is 12.6. The predicted octanol–water partition coefficient (Wildman–Crippen LogP) is 4.77. The summed E-state index contributed by atoms with van der Waals surface area (Å²) in [5.41, 5.74) is 3.07. The first kappa shape index (κ1) is 24.9. The molecule has 0 radical (unpaired) electrons. The van der Waals surface area contributed by atoms with Crippen molar-refractivity contribution in [1.82, 2.24) is 30.5 Å². The highest BCUT2D eigenvalue weighted by Crippen LogP contribution is 2.39. The summed E-state index contributed by atoms with van der Waals surface area (Å²) < 4.78 is 12.3. The van der Waals surface area contributed by atoms with Crippen LogP contribution < -0.4 is 10.6 Å². The fourth-order valence-corrected chi connectivity index (χ4v) is 4.90. The van der Waals surface area contributed by atoms with E-state index >= 15 is 0 Å². The summed E-state index contributed by atoms with van der Waals surface area (Å²) in [6.45, 7) is 3.96. The van der Waals surface area contributed by atoms with Crippen molar-refractivity contribution in [1.29, 1.82) is 0 Å². The zero-order valence-electron chi connectivity index (χ0n) is 21.3. The van der Waals surface area contributed by atoms with Gasteiger partial charge in [-0.2, -0.15) is 4.98 Å². The van der Waals surface area contributed by atoms with Crippen LogP contribution in [-0.4, -0.2) is 37.2 Å². The van der Waals surface area contributed by atoms with Crippen LogP contribution in [0.4, 0.5) is 0 Å². The second-order valence-corrected chi connectivity index (χ2v) is 9.95. The van der Waals surface area contributed by atoms with Crippen molar-refractivity contribution >= 4 is 34.3 Å². The molecule has 3 aromatic heterocycles. The molecule has 0 atom stereocenters. The number of benzene rings is 2. The van der Waals surface area contributed by atoms with Crippen molar-refractivity contribution in [2.45, 2.75) is 45.2 Å². The average Bonchev–Trinajstić information content (AvgIpc) is 3.26. The molecular weight excluding hydrogens is 520 g/mol. The number of amides is 2. The van der Waals surface area contributed by atoms with E-state index in [4.69, 9.17) is 20.6 Å². The van der Waals surface area contributed by atoms with Crippen LogP contribution in [0, 0.1) is 6.92 Å². The Morgan fingerprint density at radius 1 is 1.08 bits per heavy atom. The number of nitrogens with zero attached hydrogens (tertiary/aromatic N) is 4. The topological polar surface area (TPSA) is 128 Å². The fourth-order valence-electron chi connectivity index (χ4n) is 4.57. The van der Waals surface area contributed by atoms with Gasteiger partial charge in [0.15, 0.2) is 0 Å². The lowest BCUT2D eigenvalue weighted by molar-refractivity contribution is -0.124. The molecule has 1 saturated carbocycles. The number of carbonyl (C=O) groups excluding carboxylic acids is 2. The molecule has 2 aromatic carbocycles. The van der Waals surface area contributed by atoms with E-state index in [2.05, 4.69) is 25.9 Å². The van der Waals surface area contributed by atoms with Gasteiger partial charge < -0.3 is 24.2 Å². The SMILES string of the molecule is CCc1cc(C(=O)NC2(C(=O)NCc3ccc(-n4c(-c5noc(C)n5)c(Cl)c5ccccc54)cc3)CC2)on1. The lowest BCUT2D eigenvalue weighted by Gasteiger charge is -2.16. The summed E-state index contributed by atoms with van der Waals surface area (Å²) >= 11 is 6.77. The van der Waals surface area contributed by atoms with Gasteiger partial charge in [0.2, 0.25) is 23.4 Å². The van der Waals surface area contributed by atoms with Crippen molar-refractivity contribution in [2.75, 3.05) is 0 Å². The normalized spacial score (nSPS) is 13.9. The van der Waals surface area contributed by atoms with E-state index in [1.54, 1.807) is 13.0 Å². The second-order valence-electron chi connectivity index (χ2n) is 9.57. The van der Waals surface area contributed by atoms with Crippen LogP contribution in [-0.2, 0) is 17.8 Å². The van der Waals surface area contributed by atoms with Crippen LogP contribution in [0.3, 0.4) is 0 Å². The Balaban J connectivity index is 1.19. The van der Waals surface area contributed by atoms with Gasteiger partial charge in [0.25, 0.3) is 5.91 Å². The first-order valence-corrected chi connectivity index (χ1v) is 13.0. The molecular formula is C28H25ClN6O4. The summed E-state index contributed by atoms with van der Waals surface area (Å²) in [5, 5.41) is 15.1. The third kappa shape index (κ3) is 4.57. The van der Waals surface area contributed by atoms with Gasteiger partial charge in [0.05, 0.1) is 16.2 Å². The van der Waals surface area contributed by atoms with Crippen molar-refractivity contribution in [3.05, 3.63) is 82.5 Å². The minimum absolute atomic E-state index is 0.106. The van der Waals surface area contributed by atoms with Gasteiger partial charge in [0.1, 0.15) is 11.2 Å². The van der Waals surface area contributed by atoms with Gasteiger partial charge in [-0.1, -0.05) is 59.2 Å². The quantitative estimate of drug-likeness (QED) is 0.288. The number of nitrogens with one attached hydrogen (secondary N) is 2. The van der Waals surface area contributed by atoms with Crippen LogP contribution in [0.1, 0.15) is 47.5 Å². The zero-order chi connectivity index (χ0) is 27.1. The minimum Gasteiger partial charge on any atom is -0.351 e. The van der Waals surface area contributed by atoms with Gasteiger partial charge in [-0.05, 0) is 43.0 Å². The molecule has 3 heterocycles. The zero-order valence-corrected chi connectivity index (χ0v) is 22.1. The Bertz CT molecular complexity index is 1700. The molecule has 1 aliphatic carbocycles. The highest BCUT2D eigenvalue weighted by Gasteiger charge is 2.51. The molecule has 5 aromatic rings. The summed E-state index contributed by atoms with van der Waals surface area (Å²) in [6.07, 6.45) is 1.79. The molecule has 39 heavy (non-hydrogen) atoms. The van der Waals surface area contributed by atoms with Crippen molar-refractivity contribution in [3.8, 4) is 17.2 Å². The van der Waals surface area contributed by atoms with Crippen molar-refractivity contribution in [2.24, 2.45) is 0 Å². The van der Waals surface area contributed by atoms with Gasteiger partial charge >= 0.3 is 0 Å². The molecule has 0 bridgehead atoms. The number of halogens is 1. The van der Waals surface area contributed by atoms with Crippen LogP contribution in [0.15, 0.2) is 63.6 Å². The lowest BCUT2D eigenvalue weighted by Crippen LogP contribution is -2.48. The Kier molecular flexibility index (Phi) is 6.19. The monoisotopic (exact) mass is 544 g/mol. The van der Waals surface area contributed by atoms with E-state index in [1.165, 1.54) is 0 Å². The molecule has 2 N–H and O–H groups in total. The summed E-state index contributed by atoms with van der Waals surface area (Å²) in [6, 6.07) is 17.2. The van der Waals surface area contributed by atoms with Gasteiger partial charge in [0, 0.05) is 30.6 Å². The minimum atomic E-state index is -0.922. The van der Waals surface area contributed by atoms with Crippen LogP contribution in [0.5, 0.6) is 0 Å². The van der Waals surface area contributed by atoms with E-state index in [0.29, 0.717) is 53.9 Å². The first-order chi connectivity index (χ1) is 18.9. The molecule has 0 saturated heterocycles.